The number of allylic oxidation sites excluding steroid dienone is 4. The third-order valence-corrected chi connectivity index (χ3v) is 2.32. The van der Waals surface area contributed by atoms with Gasteiger partial charge >= 0.3 is 0 Å². The maximum atomic E-state index is 11.1. The van der Waals surface area contributed by atoms with Gasteiger partial charge in [-0.2, -0.15) is 0 Å². The van der Waals surface area contributed by atoms with Crippen molar-refractivity contribution in [3.8, 4) is 0 Å². The van der Waals surface area contributed by atoms with E-state index >= 15 is 0 Å². The summed E-state index contributed by atoms with van der Waals surface area (Å²) < 4.78 is 0. The third-order valence-electron chi connectivity index (χ3n) is 2.32. The van der Waals surface area contributed by atoms with Crippen LogP contribution in [0.4, 0.5) is 0 Å². The molecule has 0 bridgehead atoms. The highest BCUT2D eigenvalue weighted by atomic mass is 16.1. The van der Waals surface area contributed by atoms with Gasteiger partial charge in [-0.15, -0.1) is 0 Å². The monoisotopic (exact) mass is 134 g/mol. The molecule has 1 saturated carbocycles. The molecule has 1 atom stereocenters. The second-order valence-electron chi connectivity index (χ2n) is 2.95. The van der Waals surface area contributed by atoms with Gasteiger partial charge in [0.1, 0.15) is 0 Å². The lowest BCUT2D eigenvalue weighted by Crippen LogP contribution is -2.11. The Bertz CT molecular complexity index is 223. The van der Waals surface area contributed by atoms with Crippen LogP contribution in [0.25, 0.3) is 0 Å². The molecule has 10 heavy (non-hydrogen) atoms. The van der Waals surface area contributed by atoms with Crippen LogP contribution in [-0.4, -0.2) is 5.78 Å². The fourth-order valence-electron chi connectivity index (χ4n) is 1.78. The Morgan fingerprint density at radius 1 is 1.50 bits per heavy atom. The van der Waals surface area contributed by atoms with Gasteiger partial charge in [-0.25, -0.2) is 0 Å². The molecule has 52 valence electrons. The molecule has 0 aromatic carbocycles. The minimum atomic E-state index is 0.269. The SMILES string of the molecule is O=C1C=CC=C2CCC[C@@H]12. The summed E-state index contributed by atoms with van der Waals surface area (Å²) in [7, 11) is 0. The average Bonchev–Trinajstić information content (AvgIpc) is 2.36. The highest BCUT2D eigenvalue weighted by Gasteiger charge is 2.26. The number of rotatable bonds is 0. The standard InChI is InChI=1S/C9H10O/c10-9-6-2-4-7-3-1-5-8(7)9/h2,4,6,8H,1,3,5H2/t8-/m1/s1. The molecular formula is C9H10O. The fourth-order valence-corrected chi connectivity index (χ4v) is 1.78. The van der Waals surface area contributed by atoms with Crippen LogP contribution in [0.5, 0.6) is 0 Å². The zero-order valence-corrected chi connectivity index (χ0v) is 5.84. The van der Waals surface area contributed by atoms with Crippen LogP contribution in [0.3, 0.4) is 0 Å². The van der Waals surface area contributed by atoms with Gasteiger partial charge in [0.15, 0.2) is 5.78 Å². The normalized spacial score (nSPS) is 30.2. The number of ketones is 1. The van der Waals surface area contributed by atoms with Crippen LogP contribution >= 0.6 is 0 Å². The van der Waals surface area contributed by atoms with Crippen LogP contribution in [-0.2, 0) is 4.79 Å². The van der Waals surface area contributed by atoms with E-state index in [0.717, 1.165) is 12.8 Å². The molecule has 0 aliphatic heterocycles. The molecule has 1 fully saturated rings. The molecule has 0 unspecified atom stereocenters. The molecule has 2 aliphatic carbocycles. The van der Waals surface area contributed by atoms with Crippen molar-refractivity contribution in [3.05, 3.63) is 23.8 Å². The smallest absolute Gasteiger partial charge is 0.162 e. The van der Waals surface area contributed by atoms with E-state index in [-0.39, 0.29) is 5.92 Å². The maximum Gasteiger partial charge on any atom is 0.162 e. The first kappa shape index (κ1) is 5.90. The zero-order valence-electron chi connectivity index (χ0n) is 5.84. The van der Waals surface area contributed by atoms with Crippen molar-refractivity contribution in [2.75, 3.05) is 0 Å². The lowest BCUT2D eigenvalue weighted by atomic mass is 9.94. The largest absolute Gasteiger partial charge is 0.294 e. The van der Waals surface area contributed by atoms with Crippen LogP contribution in [0.15, 0.2) is 23.8 Å². The van der Waals surface area contributed by atoms with Gasteiger partial charge in [0.25, 0.3) is 0 Å². The second-order valence-corrected chi connectivity index (χ2v) is 2.95. The van der Waals surface area contributed by atoms with Crippen LogP contribution in [0, 0.1) is 5.92 Å². The summed E-state index contributed by atoms with van der Waals surface area (Å²) >= 11 is 0. The third kappa shape index (κ3) is 0.737. The molecule has 0 heterocycles. The summed E-state index contributed by atoms with van der Waals surface area (Å²) in [6, 6.07) is 0. The summed E-state index contributed by atoms with van der Waals surface area (Å²) in [4.78, 5) is 11.1. The first-order valence-electron chi connectivity index (χ1n) is 3.79. The first-order chi connectivity index (χ1) is 4.88. The Morgan fingerprint density at radius 2 is 2.40 bits per heavy atom. The lowest BCUT2D eigenvalue weighted by molar-refractivity contribution is -0.117. The molecule has 0 amide bonds. The van der Waals surface area contributed by atoms with Crippen molar-refractivity contribution < 1.29 is 4.79 Å². The molecule has 0 radical (unpaired) electrons. The van der Waals surface area contributed by atoms with Crippen molar-refractivity contribution >= 4 is 5.78 Å². The molecule has 0 aromatic heterocycles. The molecule has 2 aliphatic rings. The second kappa shape index (κ2) is 2.08. The van der Waals surface area contributed by atoms with E-state index < -0.39 is 0 Å². The molecule has 1 nitrogen and oxygen atoms in total. The van der Waals surface area contributed by atoms with Gasteiger partial charge in [-0.3, -0.25) is 4.79 Å². The van der Waals surface area contributed by atoms with Gasteiger partial charge in [-0.05, 0) is 25.3 Å². The lowest BCUT2D eigenvalue weighted by Gasteiger charge is -2.09. The number of carbonyl (C=O) groups is 1. The van der Waals surface area contributed by atoms with Crippen molar-refractivity contribution in [1.82, 2.24) is 0 Å². The number of hydrogen-bond acceptors (Lipinski definition) is 1. The minimum Gasteiger partial charge on any atom is -0.294 e. The molecule has 0 saturated heterocycles. The van der Waals surface area contributed by atoms with E-state index in [0.29, 0.717) is 5.78 Å². The van der Waals surface area contributed by atoms with Gasteiger partial charge in [0.2, 0.25) is 0 Å². The van der Waals surface area contributed by atoms with E-state index in [1.54, 1.807) is 6.08 Å². The molecule has 0 spiro atoms. The first-order valence-corrected chi connectivity index (χ1v) is 3.79. The Morgan fingerprint density at radius 3 is 3.20 bits per heavy atom. The van der Waals surface area contributed by atoms with E-state index in [1.807, 2.05) is 6.08 Å². The molecular weight excluding hydrogens is 124 g/mol. The summed E-state index contributed by atoms with van der Waals surface area (Å²) in [6.07, 6.45) is 9.08. The number of fused-ring (bicyclic) bond motifs is 1. The quantitative estimate of drug-likeness (QED) is 0.494. The average molecular weight is 134 g/mol. The summed E-state index contributed by atoms with van der Waals surface area (Å²) in [5, 5.41) is 0. The minimum absolute atomic E-state index is 0.269. The van der Waals surface area contributed by atoms with Gasteiger partial charge in [0.05, 0.1) is 0 Å². The van der Waals surface area contributed by atoms with E-state index in [1.165, 1.54) is 12.0 Å². The highest BCUT2D eigenvalue weighted by molar-refractivity contribution is 5.95. The van der Waals surface area contributed by atoms with Crippen molar-refractivity contribution in [2.24, 2.45) is 5.92 Å². The van der Waals surface area contributed by atoms with E-state index in [9.17, 15) is 4.79 Å². The molecule has 0 N–H and O–H groups in total. The van der Waals surface area contributed by atoms with Gasteiger partial charge < -0.3 is 0 Å². The van der Waals surface area contributed by atoms with Crippen molar-refractivity contribution in [3.63, 3.8) is 0 Å². The Hall–Kier alpha value is -0.850. The topological polar surface area (TPSA) is 17.1 Å². The predicted octanol–water partition coefficient (Wildman–Crippen LogP) is 1.85. The van der Waals surface area contributed by atoms with Crippen molar-refractivity contribution in [1.29, 1.82) is 0 Å². The summed E-state index contributed by atoms with van der Waals surface area (Å²) in [6.45, 7) is 0. The molecule has 2 rings (SSSR count). The summed E-state index contributed by atoms with van der Waals surface area (Å²) in [5.74, 6) is 0.583. The van der Waals surface area contributed by atoms with Crippen LogP contribution < -0.4 is 0 Å². The van der Waals surface area contributed by atoms with Gasteiger partial charge in [0, 0.05) is 5.92 Å². The predicted molar refractivity (Wildman–Crippen MR) is 39.6 cm³/mol. The molecule has 0 aromatic rings. The van der Waals surface area contributed by atoms with E-state index in [2.05, 4.69) is 6.08 Å². The maximum absolute atomic E-state index is 11.1. The Kier molecular flexibility index (Phi) is 1.23. The van der Waals surface area contributed by atoms with Crippen LogP contribution in [0.2, 0.25) is 0 Å². The Balaban J connectivity index is 2.33. The number of carbonyl (C=O) groups excluding carboxylic acids is 1. The van der Waals surface area contributed by atoms with Crippen LogP contribution in [0.1, 0.15) is 19.3 Å². The van der Waals surface area contributed by atoms with Gasteiger partial charge in [-0.1, -0.05) is 17.7 Å². The zero-order chi connectivity index (χ0) is 6.97. The Labute approximate surface area is 60.4 Å². The number of hydrogen-bond donors (Lipinski definition) is 0. The van der Waals surface area contributed by atoms with Crippen molar-refractivity contribution in [2.45, 2.75) is 19.3 Å². The molecule has 1 heteroatoms. The highest BCUT2D eigenvalue weighted by Crippen LogP contribution is 2.33. The summed E-state index contributed by atoms with van der Waals surface area (Å²) in [5.41, 5.74) is 1.35. The fraction of sp³-hybridized carbons (Fsp3) is 0.444. The van der Waals surface area contributed by atoms with E-state index in [4.69, 9.17) is 0 Å².